The summed E-state index contributed by atoms with van der Waals surface area (Å²) in [6, 6.07) is 16.5. The lowest BCUT2D eigenvalue weighted by molar-refractivity contribution is 0.450. The number of fused-ring (bicyclic) bond motifs is 1. The number of nitrogens with zero attached hydrogens (tertiary/aromatic N) is 2. The lowest BCUT2D eigenvalue weighted by Crippen LogP contribution is -2.30. The summed E-state index contributed by atoms with van der Waals surface area (Å²) in [7, 11) is 0. The molecule has 136 valence electrons. The van der Waals surface area contributed by atoms with Gasteiger partial charge < -0.3 is 9.73 Å². The van der Waals surface area contributed by atoms with Gasteiger partial charge in [0.2, 0.25) is 0 Å². The van der Waals surface area contributed by atoms with Crippen molar-refractivity contribution in [2.45, 2.75) is 19.5 Å². The molecule has 2 aromatic carbocycles. The number of hydrogen-bond acceptors (Lipinski definition) is 4. The zero-order valence-electron chi connectivity index (χ0n) is 14.7. The van der Waals surface area contributed by atoms with E-state index in [4.69, 9.17) is 9.40 Å². The van der Waals surface area contributed by atoms with E-state index in [1.165, 1.54) is 16.7 Å². The van der Waals surface area contributed by atoms with Gasteiger partial charge in [0.05, 0.1) is 35.4 Å². The van der Waals surface area contributed by atoms with Crippen LogP contribution in [0, 0.1) is 5.82 Å². The SMILES string of the molecule is C[C@@H](NCc1ccco1)c1nc2ccccc2c(=O)n1-c1ccc(F)cc1. The zero-order valence-corrected chi connectivity index (χ0v) is 14.7. The van der Waals surface area contributed by atoms with Crippen LogP contribution in [-0.4, -0.2) is 9.55 Å². The van der Waals surface area contributed by atoms with Crippen LogP contribution in [-0.2, 0) is 6.54 Å². The van der Waals surface area contributed by atoms with Gasteiger partial charge in [-0.05, 0) is 55.5 Å². The zero-order chi connectivity index (χ0) is 18.8. The van der Waals surface area contributed by atoms with E-state index in [-0.39, 0.29) is 17.4 Å². The first-order valence-corrected chi connectivity index (χ1v) is 8.67. The molecule has 6 heteroatoms. The van der Waals surface area contributed by atoms with Crippen LogP contribution in [0.25, 0.3) is 16.6 Å². The van der Waals surface area contributed by atoms with Crippen LogP contribution < -0.4 is 10.9 Å². The van der Waals surface area contributed by atoms with Gasteiger partial charge in [0.25, 0.3) is 5.56 Å². The van der Waals surface area contributed by atoms with E-state index in [0.29, 0.717) is 29.0 Å². The molecule has 0 spiro atoms. The second kappa shape index (κ2) is 7.17. The van der Waals surface area contributed by atoms with Crippen molar-refractivity contribution in [3.05, 3.63) is 94.7 Å². The fourth-order valence-corrected chi connectivity index (χ4v) is 3.04. The minimum atomic E-state index is -0.355. The van der Waals surface area contributed by atoms with E-state index in [0.717, 1.165) is 5.76 Å². The van der Waals surface area contributed by atoms with Crippen LogP contribution >= 0.6 is 0 Å². The van der Waals surface area contributed by atoms with E-state index >= 15 is 0 Å². The van der Waals surface area contributed by atoms with Gasteiger partial charge in [-0.25, -0.2) is 9.37 Å². The fourth-order valence-electron chi connectivity index (χ4n) is 3.04. The van der Waals surface area contributed by atoms with E-state index in [1.54, 1.807) is 30.5 Å². The third kappa shape index (κ3) is 3.39. The fraction of sp³-hybridized carbons (Fsp3) is 0.143. The molecule has 2 aromatic heterocycles. The Morgan fingerprint density at radius 1 is 1.11 bits per heavy atom. The van der Waals surface area contributed by atoms with Crippen molar-refractivity contribution < 1.29 is 8.81 Å². The molecule has 0 aliphatic rings. The molecule has 27 heavy (non-hydrogen) atoms. The highest BCUT2D eigenvalue weighted by atomic mass is 19.1. The monoisotopic (exact) mass is 363 g/mol. The molecular formula is C21H18FN3O2. The third-order valence-electron chi connectivity index (χ3n) is 4.44. The Kier molecular flexibility index (Phi) is 4.56. The third-order valence-corrected chi connectivity index (χ3v) is 4.44. The molecule has 0 fully saturated rings. The van der Waals surface area contributed by atoms with Gasteiger partial charge in [0.1, 0.15) is 17.4 Å². The van der Waals surface area contributed by atoms with Gasteiger partial charge in [-0.2, -0.15) is 0 Å². The highest BCUT2D eigenvalue weighted by Crippen LogP contribution is 2.19. The molecule has 0 unspecified atom stereocenters. The molecule has 4 rings (SSSR count). The average Bonchev–Trinajstić information content (AvgIpc) is 3.21. The maximum atomic E-state index is 13.4. The Balaban J connectivity index is 1.83. The van der Waals surface area contributed by atoms with Gasteiger partial charge in [-0.1, -0.05) is 12.1 Å². The number of benzene rings is 2. The summed E-state index contributed by atoms with van der Waals surface area (Å²) in [6.45, 7) is 2.43. The van der Waals surface area contributed by atoms with Gasteiger partial charge in [0.15, 0.2) is 0 Å². The maximum absolute atomic E-state index is 13.4. The van der Waals surface area contributed by atoms with E-state index in [1.807, 2.05) is 31.2 Å². The molecule has 0 radical (unpaired) electrons. The van der Waals surface area contributed by atoms with E-state index in [2.05, 4.69) is 5.32 Å². The first kappa shape index (κ1) is 17.2. The number of para-hydroxylation sites is 1. The van der Waals surface area contributed by atoms with Gasteiger partial charge in [-0.15, -0.1) is 0 Å². The number of hydrogen-bond donors (Lipinski definition) is 1. The minimum Gasteiger partial charge on any atom is -0.468 e. The lowest BCUT2D eigenvalue weighted by atomic mass is 10.2. The average molecular weight is 363 g/mol. The largest absolute Gasteiger partial charge is 0.468 e. The van der Waals surface area contributed by atoms with Crippen molar-refractivity contribution in [3.8, 4) is 5.69 Å². The van der Waals surface area contributed by atoms with Crippen LogP contribution in [0.3, 0.4) is 0 Å². The summed E-state index contributed by atoms with van der Waals surface area (Å²) in [5, 5.41) is 3.84. The van der Waals surface area contributed by atoms with Crippen LogP contribution in [0.15, 0.2) is 76.1 Å². The Hall–Kier alpha value is -3.25. The molecule has 0 amide bonds. The van der Waals surface area contributed by atoms with E-state index < -0.39 is 0 Å². The molecule has 5 nitrogen and oxygen atoms in total. The van der Waals surface area contributed by atoms with Crippen molar-refractivity contribution in [2.75, 3.05) is 0 Å². The summed E-state index contributed by atoms with van der Waals surface area (Å²) >= 11 is 0. The van der Waals surface area contributed by atoms with Crippen LogP contribution in [0.5, 0.6) is 0 Å². The van der Waals surface area contributed by atoms with Crippen LogP contribution in [0.1, 0.15) is 24.6 Å². The smallest absolute Gasteiger partial charge is 0.266 e. The minimum absolute atomic E-state index is 0.186. The second-order valence-corrected chi connectivity index (χ2v) is 6.29. The Bertz CT molecular complexity index is 1120. The number of aromatic nitrogens is 2. The van der Waals surface area contributed by atoms with Crippen LogP contribution in [0.4, 0.5) is 4.39 Å². The second-order valence-electron chi connectivity index (χ2n) is 6.29. The number of furan rings is 1. The van der Waals surface area contributed by atoms with Gasteiger partial charge in [-0.3, -0.25) is 9.36 Å². The van der Waals surface area contributed by atoms with Crippen molar-refractivity contribution in [1.82, 2.24) is 14.9 Å². The summed E-state index contributed by atoms with van der Waals surface area (Å²) in [6.07, 6.45) is 1.62. The quantitative estimate of drug-likeness (QED) is 0.583. The van der Waals surface area contributed by atoms with Gasteiger partial charge >= 0.3 is 0 Å². The van der Waals surface area contributed by atoms with Crippen molar-refractivity contribution in [3.63, 3.8) is 0 Å². The van der Waals surface area contributed by atoms with Gasteiger partial charge in [0, 0.05) is 0 Å². The number of halogens is 1. The lowest BCUT2D eigenvalue weighted by Gasteiger charge is -2.19. The molecule has 0 saturated carbocycles. The normalized spacial score (nSPS) is 12.4. The topological polar surface area (TPSA) is 60.1 Å². The molecule has 4 aromatic rings. The van der Waals surface area contributed by atoms with Crippen molar-refractivity contribution in [2.24, 2.45) is 0 Å². The summed E-state index contributed by atoms with van der Waals surface area (Å²) in [5.74, 6) is 0.987. The highest BCUT2D eigenvalue weighted by molar-refractivity contribution is 5.77. The first-order valence-electron chi connectivity index (χ1n) is 8.67. The molecule has 0 saturated heterocycles. The molecule has 1 N–H and O–H groups in total. The maximum Gasteiger partial charge on any atom is 0.266 e. The molecule has 1 atom stereocenters. The summed E-state index contributed by atoms with van der Waals surface area (Å²) in [5.41, 5.74) is 1.01. The molecule has 0 aliphatic carbocycles. The molecule has 0 bridgehead atoms. The number of nitrogens with one attached hydrogen (secondary N) is 1. The van der Waals surface area contributed by atoms with Crippen LogP contribution in [0.2, 0.25) is 0 Å². The molecule has 0 aliphatic heterocycles. The van der Waals surface area contributed by atoms with Crippen molar-refractivity contribution in [1.29, 1.82) is 0 Å². The molecular weight excluding hydrogens is 345 g/mol. The highest BCUT2D eigenvalue weighted by Gasteiger charge is 2.18. The number of rotatable bonds is 5. The summed E-state index contributed by atoms with van der Waals surface area (Å²) < 4.78 is 20.2. The van der Waals surface area contributed by atoms with Crippen molar-refractivity contribution >= 4 is 10.9 Å². The standard InChI is InChI=1S/C21H18FN3O2/c1-14(23-13-17-5-4-12-27-17)20-24-19-7-3-2-6-18(19)21(26)25(20)16-10-8-15(22)9-11-16/h2-12,14,23H,13H2,1H3/t14-/m1/s1. The Morgan fingerprint density at radius 3 is 2.63 bits per heavy atom. The summed E-state index contributed by atoms with van der Waals surface area (Å²) in [4.78, 5) is 17.9. The Labute approximate surface area is 155 Å². The first-order chi connectivity index (χ1) is 13.1. The Morgan fingerprint density at radius 2 is 1.89 bits per heavy atom. The molecule has 2 heterocycles. The predicted molar refractivity (Wildman–Crippen MR) is 101 cm³/mol. The van der Waals surface area contributed by atoms with E-state index in [9.17, 15) is 9.18 Å². The predicted octanol–water partition coefficient (Wildman–Crippen LogP) is 3.97.